The third-order valence-corrected chi connectivity index (χ3v) is 5.66. The summed E-state index contributed by atoms with van der Waals surface area (Å²) in [6.45, 7) is 5.82. The first-order chi connectivity index (χ1) is 13.9. The second kappa shape index (κ2) is 27.3. The molecule has 1 unspecified atom stereocenters. The lowest BCUT2D eigenvalue weighted by Gasteiger charge is -2.06. The zero-order chi connectivity index (χ0) is 20.4. The highest BCUT2D eigenvalue weighted by molar-refractivity contribution is 7.26. The van der Waals surface area contributed by atoms with Crippen LogP contribution in [0.3, 0.4) is 0 Å². The highest BCUT2D eigenvalue weighted by Gasteiger charge is 1.95. The molecule has 1 atom stereocenters. The van der Waals surface area contributed by atoms with Gasteiger partial charge in [0.25, 0.3) is 0 Å². The molecule has 0 aromatic carbocycles. The summed E-state index contributed by atoms with van der Waals surface area (Å²) < 4.78 is 16.2. The van der Waals surface area contributed by atoms with Crippen molar-refractivity contribution in [1.82, 2.24) is 0 Å². The Kier molecular flexibility index (Phi) is 27.5. The zero-order valence-corrected chi connectivity index (χ0v) is 19.9. The van der Waals surface area contributed by atoms with Gasteiger partial charge in [-0.25, -0.2) is 0 Å². The lowest BCUT2D eigenvalue weighted by atomic mass is 10.0. The first-order valence-corrected chi connectivity index (χ1v) is 13.0. The van der Waals surface area contributed by atoms with Crippen LogP contribution in [0.4, 0.5) is 0 Å². The Balaban J connectivity index is 2.96. The van der Waals surface area contributed by atoms with E-state index in [1.165, 1.54) is 103 Å². The molecule has 0 aliphatic rings. The summed E-state index contributed by atoms with van der Waals surface area (Å²) in [5.74, 6) is 0. The summed E-state index contributed by atoms with van der Waals surface area (Å²) in [5, 5.41) is 0. The molecule has 0 aliphatic heterocycles. The SMILES string of the molecule is CCCCCCCCCCCCCCCCCCOCCCOPOCCN. The van der Waals surface area contributed by atoms with E-state index in [2.05, 4.69) is 6.92 Å². The Bertz CT molecular complexity index is 244. The molecule has 0 heterocycles. The quantitative estimate of drug-likeness (QED) is 0.126. The van der Waals surface area contributed by atoms with Crippen molar-refractivity contribution >= 4 is 9.03 Å². The summed E-state index contributed by atoms with van der Waals surface area (Å²) in [7, 11) is 0.114. The van der Waals surface area contributed by atoms with Crippen molar-refractivity contribution in [2.75, 3.05) is 33.0 Å². The molecule has 0 saturated heterocycles. The lowest BCUT2D eigenvalue weighted by Crippen LogP contribution is -2.05. The average molecular weight is 420 g/mol. The van der Waals surface area contributed by atoms with Crippen LogP contribution in [0.1, 0.15) is 116 Å². The topological polar surface area (TPSA) is 53.7 Å². The van der Waals surface area contributed by atoms with Gasteiger partial charge in [-0.05, 0) is 12.8 Å². The van der Waals surface area contributed by atoms with Gasteiger partial charge in [-0.1, -0.05) is 103 Å². The van der Waals surface area contributed by atoms with E-state index in [0.29, 0.717) is 19.8 Å². The van der Waals surface area contributed by atoms with Crippen molar-refractivity contribution in [2.45, 2.75) is 116 Å². The molecular weight excluding hydrogens is 369 g/mol. The van der Waals surface area contributed by atoms with Gasteiger partial charge < -0.3 is 19.5 Å². The van der Waals surface area contributed by atoms with Gasteiger partial charge in [-0.15, -0.1) is 0 Å². The van der Waals surface area contributed by atoms with E-state index in [-0.39, 0.29) is 9.03 Å². The van der Waals surface area contributed by atoms with E-state index in [0.717, 1.165) is 19.6 Å². The fraction of sp³-hybridized carbons (Fsp3) is 1.00. The van der Waals surface area contributed by atoms with Gasteiger partial charge in [0.05, 0.1) is 13.2 Å². The molecule has 5 heteroatoms. The van der Waals surface area contributed by atoms with Gasteiger partial charge in [-0.2, -0.15) is 0 Å². The number of rotatable bonds is 25. The van der Waals surface area contributed by atoms with Gasteiger partial charge in [0.2, 0.25) is 0 Å². The molecule has 0 saturated carbocycles. The molecule has 2 N–H and O–H groups in total. The first kappa shape index (κ1) is 28.3. The van der Waals surface area contributed by atoms with E-state index in [4.69, 9.17) is 19.5 Å². The lowest BCUT2D eigenvalue weighted by molar-refractivity contribution is 0.116. The van der Waals surface area contributed by atoms with Gasteiger partial charge >= 0.3 is 0 Å². The number of nitrogens with two attached hydrogens (primary N) is 1. The Morgan fingerprint density at radius 1 is 0.500 bits per heavy atom. The maximum absolute atomic E-state index is 5.64. The van der Waals surface area contributed by atoms with Gasteiger partial charge in [0.1, 0.15) is 0 Å². The normalized spacial score (nSPS) is 11.8. The van der Waals surface area contributed by atoms with Crippen molar-refractivity contribution in [3.63, 3.8) is 0 Å². The van der Waals surface area contributed by atoms with Crippen molar-refractivity contribution < 1.29 is 13.8 Å². The van der Waals surface area contributed by atoms with Crippen molar-refractivity contribution in [3.05, 3.63) is 0 Å². The van der Waals surface area contributed by atoms with Crippen LogP contribution in [0.5, 0.6) is 0 Å². The van der Waals surface area contributed by atoms with Crippen LogP contribution in [0, 0.1) is 0 Å². The Morgan fingerprint density at radius 2 is 0.929 bits per heavy atom. The van der Waals surface area contributed by atoms with Gasteiger partial charge in [-0.3, -0.25) is 0 Å². The molecule has 0 aromatic heterocycles. The molecule has 28 heavy (non-hydrogen) atoms. The number of hydrogen-bond acceptors (Lipinski definition) is 4. The van der Waals surface area contributed by atoms with E-state index >= 15 is 0 Å². The summed E-state index contributed by atoms with van der Waals surface area (Å²) >= 11 is 0. The predicted molar refractivity (Wildman–Crippen MR) is 124 cm³/mol. The molecule has 0 amide bonds. The molecule has 0 radical (unpaired) electrons. The minimum absolute atomic E-state index is 0.114. The van der Waals surface area contributed by atoms with Crippen LogP contribution in [0.2, 0.25) is 0 Å². The standard InChI is InChI=1S/C23H50NO3P/c1-2-3-4-5-6-7-8-9-10-11-12-13-14-15-16-17-20-25-21-18-22-26-28-27-23-19-24/h28H,2-24H2,1H3. The summed E-state index contributed by atoms with van der Waals surface area (Å²) in [4.78, 5) is 0. The third-order valence-electron chi connectivity index (χ3n) is 5.02. The smallest absolute Gasteiger partial charge is 0.155 e. The van der Waals surface area contributed by atoms with Crippen molar-refractivity contribution in [3.8, 4) is 0 Å². The molecule has 0 aromatic rings. The Morgan fingerprint density at radius 3 is 1.43 bits per heavy atom. The Labute approximate surface area is 178 Å². The van der Waals surface area contributed by atoms with Crippen LogP contribution in [-0.4, -0.2) is 33.0 Å². The Hall–Kier alpha value is 0.270. The predicted octanol–water partition coefficient (Wildman–Crippen LogP) is 7.16. The molecule has 0 aliphatic carbocycles. The average Bonchev–Trinajstić information content (AvgIpc) is 2.71. The van der Waals surface area contributed by atoms with E-state index in [1.54, 1.807) is 0 Å². The molecule has 0 bridgehead atoms. The monoisotopic (exact) mass is 419 g/mol. The van der Waals surface area contributed by atoms with Crippen LogP contribution >= 0.6 is 9.03 Å². The molecular formula is C23H50NO3P. The first-order valence-electron chi connectivity index (χ1n) is 12.2. The number of hydrogen-bond donors (Lipinski definition) is 1. The molecule has 4 nitrogen and oxygen atoms in total. The summed E-state index contributed by atoms with van der Waals surface area (Å²) in [5.41, 5.74) is 5.33. The highest BCUT2D eigenvalue weighted by Crippen LogP contribution is 2.14. The second-order valence-electron chi connectivity index (χ2n) is 7.84. The van der Waals surface area contributed by atoms with Gasteiger partial charge in [0.15, 0.2) is 9.03 Å². The van der Waals surface area contributed by atoms with Gasteiger partial charge in [0, 0.05) is 19.8 Å². The number of ether oxygens (including phenoxy) is 1. The van der Waals surface area contributed by atoms with Crippen molar-refractivity contribution in [2.24, 2.45) is 5.73 Å². The molecule has 0 rings (SSSR count). The van der Waals surface area contributed by atoms with Crippen LogP contribution in [0.15, 0.2) is 0 Å². The van der Waals surface area contributed by atoms with Crippen LogP contribution in [-0.2, 0) is 13.8 Å². The molecule has 0 fully saturated rings. The van der Waals surface area contributed by atoms with E-state index in [9.17, 15) is 0 Å². The largest absolute Gasteiger partial charge is 0.381 e. The third kappa shape index (κ3) is 26.3. The fourth-order valence-electron chi connectivity index (χ4n) is 3.27. The van der Waals surface area contributed by atoms with E-state index in [1.807, 2.05) is 0 Å². The van der Waals surface area contributed by atoms with E-state index < -0.39 is 0 Å². The summed E-state index contributed by atoms with van der Waals surface area (Å²) in [6, 6.07) is 0. The maximum Gasteiger partial charge on any atom is 0.155 e. The molecule has 170 valence electrons. The highest BCUT2D eigenvalue weighted by atomic mass is 31.1. The summed E-state index contributed by atoms with van der Waals surface area (Å²) in [6.07, 6.45) is 23.5. The minimum Gasteiger partial charge on any atom is -0.381 e. The maximum atomic E-state index is 5.64. The second-order valence-corrected chi connectivity index (χ2v) is 8.58. The van der Waals surface area contributed by atoms with Crippen LogP contribution < -0.4 is 5.73 Å². The van der Waals surface area contributed by atoms with Crippen LogP contribution in [0.25, 0.3) is 0 Å². The fourth-order valence-corrected chi connectivity index (χ4v) is 3.78. The minimum atomic E-state index is 0.114. The van der Waals surface area contributed by atoms with Crippen molar-refractivity contribution in [1.29, 1.82) is 0 Å². The zero-order valence-electron chi connectivity index (χ0n) is 18.9. The number of unbranched alkanes of at least 4 members (excludes halogenated alkanes) is 15. The molecule has 0 spiro atoms.